The molecule has 0 atom stereocenters. The van der Waals surface area contributed by atoms with E-state index in [1.807, 2.05) is 13.8 Å². The third-order valence-electron chi connectivity index (χ3n) is 2.08. The first kappa shape index (κ1) is 15.4. The summed E-state index contributed by atoms with van der Waals surface area (Å²) < 4.78 is 24.9. The topological polar surface area (TPSA) is 66.5 Å². The maximum Gasteiger partial charge on any atom is 0.235 e. The van der Waals surface area contributed by atoms with Gasteiger partial charge in [-0.05, 0) is 27.7 Å². The number of hydrogen-bond acceptors (Lipinski definition) is 3. The second-order valence-electron chi connectivity index (χ2n) is 4.24. The predicted octanol–water partition coefficient (Wildman–Crippen LogP) is 0.571. The van der Waals surface area contributed by atoms with Crippen LogP contribution < -0.4 is 5.32 Å². The Labute approximate surface area is 98.3 Å². The summed E-state index contributed by atoms with van der Waals surface area (Å²) in [6, 6.07) is 0.0213. The molecular weight excluding hydrogens is 228 g/mol. The van der Waals surface area contributed by atoms with Gasteiger partial charge in [0.25, 0.3) is 0 Å². The first-order chi connectivity index (χ1) is 7.21. The van der Waals surface area contributed by atoms with Crippen LogP contribution in [0.25, 0.3) is 0 Å². The minimum absolute atomic E-state index is 0.0213. The molecule has 0 radical (unpaired) electrons. The van der Waals surface area contributed by atoms with Gasteiger partial charge >= 0.3 is 0 Å². The quantitative estimate of drug-likeness (QED) is 0.749. The molecule has 1 N–H and O–H groups in total. The molecule has 0 aliphatic rings. The molecule has 6 heteroatoms. The molecule has 0 saturated heterocycles. The normalized spacial score (nSPS) is 12.5. The van der Waals surface area contributed by atoms with Crippen molar-refractivity contribution in [2.24, 2.45) is 0 Å². The summed E-state index contributed by atoms with van der Waals surface area (Å²) in [4.78, 5) is 11.5. The third kappa shape index (κ3) is 4.49. The van der Waals surface area contributed by atoms with Crippen LogP contribution in [-0.4, -0.2) is 43.0 Å². The SMILES string of the molecule is CCN(CC(=O)NC(C)C)S(=O)(=O)C(C)C. The van der Waals surface area contributed by atoms with Gasteiger partial charge in [0.2, 0.25) is 15.9 Å². The number of hydrogen-bond donors (Lipinski definition) is 1. The van der Waals surface area contributed by atoms with Crippen molar-refractivity contribution < 1.29 is 13.2 Å². The van der Waals surface area contributed by atoms with E-state index in [0.29, 0.717) is 6.54 Å². The van der Waals surface area contributed by atoms with Gasteiger partial charge in [-0.1, -0.05) is 6.92 Å². The van der Waals surface area contributed by atoms with Gasteiger partial charge in [0.15, 0.2) is 0 Å². The van der Waals surface area contributed by atoms with E-state index < -0.39 is 15.3 Å². The first-order valence-corrected chi connectivity index (χ1v) is 7.00. The van der Waals surface area contributed by atoms with Crippen LogP contribution in [0.2, 0.25) is 0 Å². The molecule has 0 bridgehead atoms. The van der Waals surface area contributed by atoms with Crippen molar-refractivity contribution in [1.29, 1.82) is 0 Å². The Morgan fingerprint density at radius 1 is 1.25 bits per heavy atom. The Hall–Kier alpha value is -0.620. The van der Waals surface area contributed by atoms with Crippen molar-refractivity contribution in [3.05, 3.63) is 0 Å². The number of carbonyl (C=O) groups is 1. The zero-order chi connectivity index (χ0) is 12.9. The number of sulfonamides is 1. The highest BCUT2D eigenvalue weighted by Crippen LogP contribution is 2.07. The molecule has 0 saturated carbocycles. The Bertz CT molecular complexity index is 323. The zero-order valence-electron chi connectivity index (χ0n) is 10.6. The number of amides is 1. The van der Waals surface area contributed by atoms with Gasteiger partial charge in [0, 0.05) is 12.6 Å². The maximum absolute atomic E-state index is 11.8. The Morgan fingerprint density at radius 3 is 2.06 bits per heavy atom. The Kier molecular flexibility index (Phi) is 5.96. The van der Waals surface area contributed by atoms with Crippen molar-refractivity contribution in [3.8, 4) is 0 Å². The van der Waals surface area contributed by atoms with Crippen LogP contribution in [0.1, 0.15) is 34.6 Å². The van der Waals surface area contributed by atoms with Gasteiger partial charge in [0.05, 0.1) is 11.8 Å². The van der Waals surface area contributed by atoms with Crippen molar-refractivity contribution in [3.63, 3.8) is 0 Å². The molecule has 0 spiro atoms. The third-order valence-corrected chi connectivity index (χ3v) is 4.38. The van der Waals surface area contributed by atoms with Gasteiger partial charge in [-0.25, -0.2) is 8.42 Å². The lowest BCUT2D eigenvalue weighted by atomic mass is 10.4. The van der Waals surface area contributed by atoms with Crippen molar-refractivity contribution in [1.82, 2.24) is 9.62 Å². The number of carbonyl (C=O) groups excluding carboxylic acids is 1. The lowest BCUT2D eigenvalue weighted by Crippen LogP contribution is -2.44. The maximum atomic E-state index is 11.8. The van der Waals surface area contributed by atoms with E-state index >= 15 is 0 Å². The van der Waals surface area contributed by atoms with E-state index in [-0.39, 0.29) is 18.5 Å². The van der Waals surface area contributed by atoms with Crippen LogP contribution in [0.4, 0.5) is 0 Å². The highest BCUT2D eigenvalue weighted by Gasteiger charge is 2.26. The van der Waals surface area contributed by atoms with Gasteiger partial charge in [-0.15, -0.1) is 0 Å². The molecule has 0 aromatic heterocycles. The largest absolute Gasteiger partial charge is 0.353 e. The average molecular weight is 250 g/mol. The second-order valence-corrected chi connectivity index (χ2v) is 6.73. The number of nitrogens with one attached hydrogen (secondary N) is 1. The summed E-state index contributed by atoms with van der Waals surface area (Å²) in [7, 11) is -3.35. The summed E-state index contributed by atoms with van der Waals surface area (Å²) in [6.45, 7) is 8.83. The van der Waals surface area contributed by atoms with Gasteiger partial charge < -0.3 is 5.32 Å². The summed E-state index contributed by atoms with van der Waals surface area (Å²) in [6.07, 6.45) is 0. The minimum Gasteiger partial charge on any atom is -0.353 e. The molecule has 0 aliphatic heterocycles. The second kappa shape index (κ2) is 6.20. The first-order valence-electron chi connectivity index (χ1n) is 5.50. The van der Waals surface area contributed by atoms with Crippen LogP contribution in [0.3, 0.4) is 0 Å². The molecule has 0 aromatic carbocycles. The number of rotatable bonds is 6. The van der Waals surface area contributed by atoms with Crippen LogP contribution in [0.15, 0.2) is 0 Å². The van der Waals surface area contributed by atoms with Crippen LogP contribution in [-0.2, 0) is 14.8 Å². The van der Waals surface area contributed by atoms with E-state index in [0.717, 1.165) is 0 Å². The Morgan fingerprint density at radius 2 is 1.75 bits per heavy atom. The summed E-state index contributed by atoms with van der Waals surface area (Å²) >= 11 is 0. The van der Waals surface area contributed by atoms with E-state index in [9.17, 15) is 13.2 Å². The molecule has 96 valence electrons. The van der Waals surface area contributed by atoms with Gasteiger partial charge in [-0.3, -0.25) is 4.79 Å². The van der Waals surface area contributed by atoms with E-state index in [4.69, 9.17) is 0 Å². The molecule has 0 unspecified atom stereocenters. The highest BCUT2D eigenvalue weighted by atomic mass is 32.2. The fourth-order valence-corrected chi connectivity index (χ4v) is 2.46. The summed E-state index contributed by atoms with van der Waals surface area (Å²) in [5.74, 6) is -0.263. The molecule has 1 amide bonds. The number of nitrogens with zero attached hydrogens (tertiary/aromatic N) is 1. The molecule has 0 fully saturated rings. The van der Waals surface area contributed by atoms with Crippen LogP contribution >= 0.6 is 0 Å². The fourth-order valence-electron chi connectivity index (χ4n) is 1.21. The summed E-state index contributed by atoms with van der Waals surface area (Å²) in [5.41, 5.74) is 0. The van der Waals surface area contributed by atoms with Gasteiger partial charge in [-0.2, -0.15) is 4.31 Å². The fraction of sp³-hybridized carbons (Fsp3) is 0.900. The predicted molar refractivity (Wildman–Crippen MR) is 64.6 cm³/mol. The molecule has 16 heavy (non-hydrogen) atoms. The standard InChI is InChI=1S/C10H22N2O3S/c1-6-12(16(14,15)9(4)5)7-10(13)11-8(2)3/h8-9H,6-7H2,1-5H3,(H,11,13). The van der Waals surface area contributed by atoms with Crippen molar-refractivity contribution in [2.75, 3.05) is 13.1 Å². The molecule has 5 nitrogen and oxygen atoms in total. The Balaban J connectivity index is 4.60. The lowest BCUT2D eigenvalue weighted by Gasteiger charge is -2.22. The molecule has 0 aromatic rings. The van der Waals surface area contributed by atoms with E-state index in [1.165, 1.54) is 4.31 Å². The minimum atomic E-state index is -3.35. The number of likely N-dealkylation sites (N-methyl/N-ethyl adjacent to an activating group) is 1. The molecule has 0 aliphatic carbocycles. The van der Waals surface area contributed by atoms with Crippen LogP contribution in [0.5, 0.6) is 0 Å². The van der Waals surface area contributed by atoms with Gasteiger partial charge in [0.1, 0.15) is 0 Å². The van der Waals surface area contributed by atoms with E-state index in [1.54, 1.807) is 20.8 Å². The monoisotopic (exact) mass is 250 g/mol. The molecule has 0 heterocycles. The molecular formula is C10H22N2O3S. The van der Waals surface area contributed by atoms with Crippen LogP contribution in [0, 0.1) is 0 Å². The smallest absolute Gasteiger partial charge is 0.235 e. The zero-order valence-corrected chi connectivity index (χ0v) is 11.5. The lowest BCUT2D eigenvalue weighted by molar-refractivity contribution is -0.121. The summed E-state index contributed by atoms with van der Waals surface area (Å²) in [5, 5.41) is 2.17. The molecule has 0 rings (SSSR count). The van der Waals surface area contributed by atoms with E-state index in [2.05, 4.69) is 5.32 Å². The highest BCUT2D eigenvalue weighted by molar-refractivity contribution is 7.89. The average Bonchev–Trinajstić information content (AvgIpc) is 2.12. The van der Waals surface area contributed by atoms with Crippen molar-refractivity contribution in [2.45, 2.75) is 45.9 Å². The van der Waals surface area contributed by atoms with Crippen molar-refractivity contribution >= 4 is 15.9 Å².